The Morgan fingerprint density at radius 3 is 2.48 bits per heavy atom. The van der Waals surface area contributed by atoms with Crippen LogP contribution in [0.1, 0.15) is 32.7 Å². The maximum absolute atomic E-state index is 11.5. The number of carbonyl (C=O) groups is 1. The molecule has 0 aliphatic carbocycles. The van der Waals surface area contributed by atoms with Gasteiger partial charge in [-0.05, 0) is 37.5 Å². The average Bonchev–Trinajstić information content (AvgIpc) is 2.36. The largest absolute Gasteiger partial charge is 0.478 e. The summed E-state index contributed by atoms with van der Waals surface area (Å²) < 4.78 is 0. The van der Waals surface area contributed by atoms with Crippen molar-refractivity contribution in [1.82, 2.24) is 9.97 Å². The van der Waals surface area contributed by atoms with Crippen molar-refractivity contribution in [3.63, 3.8) is 0 Å². The van der Waals surface area contributed by atoms with Gasteiger partial charge in [-0.2, -0.15) is 4.98 Å². The Labute approximate surface area is 126 Å². The number of rotatable bonds is 4. The SMILES string of the molecule is Cc1cccc(C)c1CSc1nc(=O)[nH]c(C)c1C(=O)O. The standard InChI is InChI=1S/C15H16N2O3S/c1-8-5-4-6-9(2)11(8)7-21-13-12(14(18)19)10(3)16-15(20)17-13/h4-6H,7H2,1-3H3,(H,18,19)(H,16,17,20). The number of thioether (sulfide) groups is 1. The minimum absolute atomic E-state index is 0.0610. The molecule has 5 nitrogen and oxygen atoms in total. The maximum atomic E-state index is 11.5. The number of aromatic carboxylic acids is 1. The number of carboxylic acid groups (broad SMARTS) is 1. The van der Waals surface area contributed by atoms with E-state index in [9.17, 15) is 14.7 Å². The number of carboxylic acids is 1. The Morgan fingerprint density at radius 1 is 1.29 bits per heavy atom. The molecule has 6 heteroatoms. The fraction of sp³-hybridized carbons (Fsp3) is 0.267. The molecule has 21 heavy (non-hydrogen) atoms. The van der Waals surface area contributed by atoms with Crippen LogP contribution >= 0.6 is 11.8 Å². The summed E-state index contributed by atoms with van der Waals surface area (Å²) in [4.78, 5) is 29.0. The lowest BCUT2D eigenvalue weighted by Crippen LogP contribution is -2.18. The van der Waals surface area contributed by atoms with Crippen LogP contribution in [0.5, 0.6) is 0 Å². The fourth-order valence-corrected chi connectivity index (χ4v) is 3.40. The molecule has 2 aromatic rings. The highest BCUT2D eigenvalue weighted by Gasteiger charge is 2.17. The predicted octanol–water partition coefficient (Wildman–Crippen LogP) is 2.69. The number of hydrogen-bond acceptors (Lipinski definition) is 4. The van der Waals surface area contributed by atoms with Crippen LogP contribution in [0.15, 0.2) is 28.0 Å². The van der Waals surface area contributed by atoms with Crippen LogP contribution in [0.25, 0.3) is 0 Å². The lowest BCUT2D eigenvalue weighted by Gasteiger charge is -2.10. The van der Waals surface area contributed by atoms with Crippen molar-refractivity contribution in [2.75, 3.05) is 0 Å². The van der Waals surface area contributed by atoms with Crippen molar-refractivity contribution in [3.8, 4) is 0 Å². The molecule has 0 aliphatic rings. The smallest absolute Gasteiger partial charge is 0.346 e. The molecule has 2 rings (SSSR count). The molecule has 1 heterocycles. The minimum atomic E-state index is -1.08. The molecule has 0 amide bonds. The van der Waals surface area contributed by atoms with Gasteiger partial charge in [0.15, 0.2) is 0 Å². The van der Waals surface area contributed by atoms with Gasteiger partial charge in [-0.15, -0.1) is 11.8 Å². The number of benzene rings is 1. The van der Waals surface area contributed by atoms with E-state index in [2.05, 4.69) is 9.97 Å². The molecule has 0 saturated heterocycles. The number of nitrogens with one attached hydrogen (secondary N) is 1. The van der Waals surface area contributed by atoms with E-state index in [1.54, 1.807) is 6.92 Å². The van der Waals surface area contributed by atoms with Crippen LogP contribution in [0.3, 0.4) is 0 Å². The van der Waals surface area contributed by atoms with Crippen molar-refractivity contribution in [1.29, 1.82) is 0 Å². The van der Waals surface area contributed by atoms with Gasteiger partial charge in [0, 0.05) is 11.4 Å². The summed E-state index contributed by atoms with van der Waals surface area (Å²) in [6, 6.07) is 6.01. The van der Waals surface area contributed by atoms with Gasteiger partial charge < -0.3 is 10.1 Å². The number of nitrogens with zero attached hydrogens (tertiary/aromatic N) is 1. The Bertz CT molecular complexity index is 733. The van der Waals surface area contributed by atoms with Gasteiger partial charge in [0.25, 0.3) is 0 Å². The molecule has 0 atom stereocenters. The first-order valence-corrected chi connectivity index (χ1v) is 7.41. The van der Waals surface area contributed by atoms with Crippen LogP contribution in [-0.2, 0) is 5.75 Å². The monoisotopic (exact) mass is 304 g/mol. The maximum Gasteiger partial charge on any atom is 0.346 e. The van der Waals surface area contributed by atoms with Crippen LogP contribution in [0, 0.1) is 20.8 Å². The summed E-state index contributed by atoms with van der Waals surface area (Å²) >= 11 is 1.27. The molecule has 0 unspecified atom stereocenters. The molecule has 1 aromatic heterocycles. The second-order valence-corrected chi connectivity index (χ2v) is 5.78. The second kappa shape index (κ2) is 6.13. The van der Waals surface area contributed by atoms with E-state index in [0.717, 1.165) is 16.7 Å². The minimum Gasteiger partial charge on any atom is -0.478 e. The highest BCUT2D eigenvalue weighted by molar-refractivity contribution is 7.98. The zero-order valence-electron chi connectivity index (χ0n) is 12.1. The van der Waals surface area contributed by atoms with Crippen molar-refractivity contribution >= 4 is 17.7 Å². The number of aromatic amines is 1. The summed E-state index contributed by atoms with van der Waals surface area (Å²) in [5.41, 5.74) is 3.28. The Hall–Kier alpha value is -2.08. The van der Waals surface area contributed by atoms with Crippen LogP contribution < -0.4 is 5.69 Å². The summed E-state index contributed by atoms with van der Waals surface area (Å²) in [6.07, 6.45) is 0. The molecule has 2 N–H and O–H groups in total. The highest BCUT2D eigenvalue weighted by Crippen LogP contribution is 2.27. The molecule has 0 fully saturated rings. The van der Waals surface area contributed by atoms with E-state index >= 15 is 0 Å². The number of hydrogen-bond donors (Lipinski definition) is 2. The highest BCUT2D eigenvalue weighted by atomic mass is 32.2. The molecule has 0 aliphatic heterocycles. The molecule has 0 spiro atoms. The van der Waals surface area contributed by atoms with Gasteiger partial charge in [-0.1, -0.05) is 18.2 Å². The quantitative estimate of drug-likeness (QED) is 0.670. The molecule has 0 bridgehead atoms. The van der Waals surface area contributed by atoms with Crippen molar-refractivity contribution in [2.24, 2.45) is 0 Å². The number of aryl methyl sites for hydroxylation is 3. The van der Waals surface area contributed by atoms with Gasteiger partial charge in [0.05, 0.1) is 0 Å². The lowest BCUT2D eigenvalue weighted by molar-refractivity contribution is 0.0690. The Balaban J connectivity index is 2.36. The van der Waals surface area contributed by atoms with E-state index in [0.29, 0.717) is 11.4 Å². The fourth-order valence-electron chi connectivity index (χ4n) is 2.13. The van der Waals surface area contributed by atoms with Gasteiger partial charge >= 0.3 is 11.7 Å². The van der Waals surface area contributed by atoms with Crippen molar-refractivity contribution in [2.45, 2.75) is 31.6 Å². The first-order chi connectivity index (χ1) is 9.90. The van der Waals surface area contributed by atoms with Gasteiger partial charge in [0.1, 0.15) is 10.6 Å². The van der Waals surface area contributed by atoms with E-state index in [1.807, 2.05) is 32.0 Å². The Kier molecular flexibility index (Phi) is 4.47. The van der Waals surface area contributed by atoms with Crippen LogP contribution in [0.4, 0.5) is 0 Å². The summed E-state index contributed by atoms with van der Waals surface area (Å²) in [5.74, 6) is -0.505. The molecular formula is C15H16N2O3S. The number of H-pyrrole nitrogens is 1. The lowest BCUT2D eigenvalue weighted by atomic mass is 10.1. The van der Waals surface area contributed by atoms with Crippen LogP contribution in [-0.4, -0.2) is 21.0 Å². The van der Waals surface area contributed by atoms with E-state index in [1.165, 1.54) is 11.8 Å². The molecular weight excluding hydrogens is 288 g/mol. The first kappa shape index (κ1) is 15.3. The topological polar surface area (TPSA) is 83.0 Å². The third kappa shape index (κ3) is 3.33. The van der Waals surface area contributed by atoms with E-state index < -0.39 is 11.7 Å². The van der Waals surface area contributed by atoms with Gasteiger partial charge in [-0.25, -0.2) is 9.59 Å². The number of aromatic nitrogens is 2. The van der Waals surface area contributed by atoms with E-state index in [-0.39, 0.29) is 10.6 Å². The molecule has 110 valence electrons. The molecule has 0 saturated carbocycles. The average molecular weight is 304 g/mol. The van der Waals surface area contributed by atoms with Gasteiger partial charge in [0.2, 0.25) is 0 Å². The summed E-state index contributed by atoms with van der Waals surface area (Å²) in [7, 11) is 0. The third-order valence-corrected chi connectivity index (χ3v) is 4.30. The predicted molar refractivity (Wildman–Crippen MR) is 82.0 cm³/mol. The van der Waals surface area contributed by atoms with Gasteiger partial charge in [-0.3, -0.25) is 0 Å². The zero-order chi connectivity index (χ0) is 15.6. The molecule has 0 radical (unpaired) electrons. The first-order valence-electron chi connectivity index (χ1n) is 6.42. The van der Waals surface area contributed by atoms with Crippen molar-refractivity contribution in [3.05, 3.63) is 56.6 Å². The molecule has 1 aromatic carbocycles. The third-order valence-electron chi connectivity index (χ3n) is 3.30. The Morgan fingerprint density at radius 2 is 1.90 bits per heavy atom. The summed E-state index contributed by atoms with van der Waals surface area (Å²) in [5, 5.41) is 9.52. The second-order valence-electron chi connectivity index (χ2n) is 4.81. The zero-order valence-corrected chi connectivity index (χ0v) is 12.9. The van der Waals surface area contributed by atoms with E-state index in [4.69, 9.17) is 0 Å². The summed E-state index contributed by atoms with van der Waals surface area (Å²) in [6.45, 7) is 5.59. The van der Waals surface area contributed by atoms with Crippen LogP contribution in [0.2, 0.25) is 0 Å². The normalized spacial score (nSPS) is 10.6. The van der Waals surface area contributed by atoms with Crippen molar-refractivity contribution < 1.29 is 9.90 Å².